The van der Waals surface area contributed by atoms with Gasteiger partial charge in [0.2, 0.25) is 5.89 Å². The molecular weight excluding hydrogens is 220 g/mol. The van der Waals surface area contributed by atoms with Crippen molar-refractivity contribution in [1.82, 2.24) is 10.1 Å². The van der Waals surface area contributed by atoms with Gasteiger partial charge in [-0.25, -0.2) is 0 Å². The van der Waals surface area contributed by atoms with Crippen molar-refractivity contribution in [3.05, 3.63) is 41.5 Å². The number of amides is 1. The number of primary amides is 1. The van der Waals surface area contributed by atoms with E-state index in [0.717, 1.165) is 11.3 Å². The molecule has 6 heteroatoms. The van der Waals surface area contributed by atoms with E-state index < -0.39 is 5.91 Å². The molecule has 1 unspecified atom stereocenters. The number of anilines is 1. The highest BCUT2D eigenvalue weighted by atomic mass is 16.5. The zero-order chi connectivity index (χ0) is 11.8. The van der Waals surface area contributed by atoms with Gasteiger partial charge in [-0.2, -0.15) is 4.98 Å². The van der Waals surface area contributed by atoms with Crippen molar-refractivity contribution in [2.45, 2.75) is 5.92 Å². The van der Waals surface area contributed by atoms with Crippen molar-refractivity contribution in [3.8, 4) is 0 Å². The second kappa shape index (κ2) is 3.58. The number of nitrogens with two attached hydrogens (primary N) is 1. The van der Waals surface area contributed by atoms with Crippen LogP contribution in [0.3, 0.4) is 0 Å². The normalized spacial score (nSPS) is 17.5. The minimum Gasteiger partial charge on any atom is -0.384 e. The van der Waals surface area contributed by atoms with E-state index in [0.29, 0.717) is 12.4 Å². The topological polar surface area (TPSA) is 94.0 Å². The Morgan fingerprint density at radius 2 is 2.29 bits per heavy atom. The molecule has 0 spiro atoms. The average molecular weight is 230 g/mol. The fraction of sp³-hybridized carbons (Fsp3) is 0.182. The Morgan fingerprint density at radius 1 is 1.47 bits per heavy atom. The first-order valence-corrected chi connectivity index (χ1v) is 5.22. The molecule has 1 amide bonds. The zero-order valence-electron chi connectivity index (χ0n) is 8.88. The monoisotopic (exact) mass is 230 g/mol. The predicted molar refractivity (Wildman–Crippen MR) is 59.6 cm³/mol. The fourth-order valence-corrected chi connectivity index (χ4v) is 1.98. The highest BCUT2D eigenvalue weighted by Gasteiger charge is 2.28. The summed E-state index contributed by atoms with van der Waals surface area (Å²) in [5.41, 5.74) is 7.22. The second-order valence-corrected chi connectivity index (χ2v) is 3.84. The van der Waals surface area contributed by atoms with E-state index in [1.807, 2.05) is 24.3 Å². The zero-order valence-corrected chi connectivity index (χ0v) is 8.88. The number of hydrogen-bond acceptors (Lipinski definition) is 5. The lowest BCUT2D eigenvalue weighted by atomic mass is 10.0. The van der Waals surface area contributed by atoms with Gasteiger partial charge >= 0.3 is 0 Å². The van der Waals surface area contributed by atoms with Crippen molar-refractivity contribution in [2.75, 3.05) is 11.9 Å². The molecule has 86 valence electrons. The average Bonchev–Trinajstić information content (AvgIpc) is 2.95. The lowest BCUT2D eigenvalue weighted by Crippen LogP contribution is -2.13. The van der Waals surface area contributed by atoms with Gasteiger partial charge in [0, 0.05) is 12.2 Å². The van der Waals surface area contributed by atoms with Crippen molar-refractivity contribution in [3.63, 3.8) is 0 Å². The lowest BCUT2D eigenvalue weighted by molar-refractivity contribution is 0.0987. The summed E-state index contributed by atoms with van der Waals surface area (Å²) in [5.74, 6) is -0.369. The number of para-hydroxylation sites is 1. The van der Waals surface area contributed by atoms with E-state index in [-0.39, 0.29) is 11.7 Å². The van der Waals surface area contributed by atoms with Gasteiger partial charge in [-0.3, -0.25) is 4.79 Å². The molecule has 6 nitrogen and oxygen atoms in total. The SMILES string of the molecule is NC(=O)c1noc(C2CNc3ccccc32)n1. The fourth-order valence-electron chi connectivity index (χ4n) is 1.98. The number of benzene rings is 1. The van der Waals surface area contributed by atoms with Crippen LogP contribution in [0.5, 0.6) is 0 Å². The Bertz CT molecular complexity index is 578. The van der Waals surface area contributed by atoms with Crippen LogP contribution in [-0.2, 0) is 0 Å². The lowest BCUT2D eigenvalue weighted by Gasteiger charge is -2.02. The van der Waals surface area contributed by atoms with Crippen LogP contribution in [-0.4, -0.2) is 22.6 Å². The Morgan fingerprint density at radius 3 is 3.06 bits per heavy atom. The molecule has 1 aromatic heterocycles. The van der Waals surface area contributed by atoms with Gasteiger partial charge in [0.05, 0.1) is 5.92 Å². The second-order valence-electron chi connectivity index (χ2n) is 3.84. The van der Waals surface area contributed by atoms with E-state index in [2.05, 4.69) is 15.5 Å². The van der Waals surface area contributed by atoms with E-state index in [1.165, 1.54) is 0 Å². The largest absolute Gasteiger partial charge is 0.384 e. The quantitative estimate of drug-likeness (QED) is 0.793. The highest BCUT2D eigenvalue weighted by Crippen LogP contribution is 2.34. The molecule has 0 fully saturated rings. The van der Waals surface area contributed by atoms with Crippen LogP contribution in [0.2, 0.25) is 0 Å². The number of carbonyl (C=O) groups is 1. The number of hydrogen-bond donors (Lipinski definition) is 2. The molecule has 0 saturated heterocycles. The van der Waals surface area contributed by atoms with Crippen LogP contribution in [0.1, 0.15) is 28.0 Å². The third-order valence-corrected chi connectivity index (χ3v) is 2.79. The van der Waals surface area contributed by atoms with Gasteiger partial charge in [-0.15, -0.1) is 0 Å². The van der Waals surface area contributed by atoms with Crippen LogP contribution < -0.4 is 11.1 Å². The number of nitrogens with one attached hydrogen (secondary N) is 1. The first kappa shape index (κ1) is 9.83. The molecule has 0 bridgehead atoms. The van der Waals surface area contributed by atoms with Crippen molar-refractivity contribution < 1.29 is 9.32 Å². The first-order valence-electron chi connectivity index (χ1n) is 5.22. The number of nitrogens with zero attached hydrogens (tertiary/aromatic N) is 2. The maximum Gasteiger partial charge on any atom is 0.290 e. The first-order chi connectivity index (χ1) is 8.25. The van der Waals surface area contributed by atoms with Gasteiger partial charge in [-0.1, -0.05) is 23.4 Å². The molecule has 3 rings (SSSR count). The molecule has 3 N–H and O–H groups in total. The van der Waals surface area contributed by atoms with Crippen LogP contribution in [0.25, 0.3) is 0 Å². The molecule has 0 radical (unpaired) electrons. The molecule has 17 heavy (non-hydrogen) atoms. The summed E-state index contributed by atoms with van der Waals surface area (Å²) in [6, 6.07) is 7.88. The molecule has 1 aromatic carbocycles. The van der Waals surface area contributed by atoms with Gasteiger partial charge in [0.1, 0.15) is 0 Å². The summed E-state index contributed by atoms with van der Waals surface area (Å²) in [6.07, 6.45) is 0. The summed E-state index contributed by atoms with van der Waals surface area (Å²) in [7, 11) is 0. The van der Waals surface area contributed by atoms with Gasteiger partial charge in [0.25, 0.3) is 11.7 Å². The number of aromatic nitrogens is 2. The standard InChI is InChI=1S/C11H10N4O2/c12-9(16)10-14-11(17-15-10)7-5-13-8-4-2-1-3-6(7)8/h1-4,7,13H,5H2,(H2,12,16). The molecule has 2 aromatic rings. The minimum atomic E-state index is -0.681. The van der Waals surface area contributed by atoms with Crippen LogP contribution in [0, 0.1) is 0 Å². The summed E-state index contributed by atoms with van der Waals surface area (Å²) < 4.78 is 5.06. The van der Waals surface area contributed by atoms with Crippen LogP contribution in [0.15, 0.2) is 28.8 Å². The van der Waals surface area contributed by atoms with Gasteiger partial charge in [0.15, 0.2) is 0 Å². The predicted octanol–water partition coefficient (Wildman–Crippen LogP) is 0.726. The minimum absolute atomic E-state index is 0.0215. The maximum atomic E-state index is 10.9. The summed E-state index contributed by atoms with van der Waals surface area (Å²) in [4.78, 5) is 14.9. The summed E-state index contributed by atoms with van der Waals surface area (Å²) in [5, 5.41) is 6.79. The van der Waals surface area contributed by atoms with E-state index >= 15 is 0 Å². The molecule has 1 aliphatic rings. The molecule has 1 aliphatic heterocycles. The van der Waals surface area contributed by atoms with Gasteiger partial charge < -0.3 is 15.6 Å². The number of carbonyl (C=O) groups excluding carboxylic acids is 1. The Labute approximate surface area is 96.8 Å². The maximum absolute atomic E-state index is 10.9. The number of fused-ring (bicyclic) bond motifs is 1. The Hall–Kier alpha value is -2.37. The van der Waals surface area contributed by atoms with E-state index in [9.17, 15) is 4.79 Å². The van der Waals surface area contributed by atoms with Gasteiger partial charge in [-0.05, 0) is 11.6 Å². The molecule has 1 atom stereocenters. The summed E-state index contributed by atoms with van der Waals surface area (Å²) >= 11 is 0. The highest BCUT2D eigenvalue weighted by molar-refractivity contribution is 5.88. The Balaban J connectivity index is 1.98. The number of rotatable bonds is 2. The van der Waals surface area contributed by atoms with E-state index in [1.54, 1.807) is 0 Å². The molecular formula is C11H10N4O2. The third kappa shape index (κ3) is 1.54. The van der Waals surface area contributed by atoms with Crippen LogP contribution >= 0.6 is 0 Å². The molecule has 2 heterocycles. The van der Waals surface area contributed by atoms with E-state index in [4.69, 9.17) is 10.3 Å². The molecule has 0 saturated carbocycles. The van der Waals surface area contributed by atoms with Crippen molar-refractivity contribution >= 4 is 11.6 Å². The van der Waals surface area contributed by atoms with Crippen LogP contribution in [0.4, 0.5) is 5.69 Å². The van der Waals surface area contributed by atoms with Crippen molar-refractivity contribution in [1.29, 1.82) is 0 Å². The Kier molecular flexibility index (Phi) is 2.07. The third-order valence-electron chi connectivity index (χ3n) is 2.79. The smallest absolute Gasteiger partial charge is 0.290 e. The summed E-state index contributed by atoms with van der Waals surface area (Å²) in [6.45, 7) is 0.680. The molecule has 0 aliphatic carbocycles. The van der Waals surface area contributed by atoms with Crippen molar-refractivity contribution in [2.24, 2.45) is 5.73 Å².